The van der Waals surface area contributed by atoms with Crippen LogP contribution < -0.4 is 5.32 Å². The van der Waals surface area contributed by atoms with E-state index in [-0.39, 0.29) is 24.4 Å². The van der Waals surface area contributed by atoms with Gasteiger partial charge in [0.15, 0.2) is 0 Å². The van der Waals surface area contributed by atoms with E-state index in [1.807, 2.05) is 30.3 Å². The van der Waals surface area contributed by atoms with E-state index in [4.69, 9.17) is 4.74 Å². The van der Waals surface area contributed by atoms with Crippen LogP contribution in [0.3, 0.4) is 0 Å². The second-order valence-corrected chi connectivity index (χ2v) is 5.18. The molecule has 2 rings (SSSR count). The molecule has 5 heteroatoms. The molecule has 1 aliphatic heterocycles. The molecule has 0 aliphatic carbocycles. The standard InChI is InChI=1S/C12H14BrNO2.ClH/c13-10-6-11(14-7-10)12(15)16-8-9-4-2-1-3-5-9;/h1-5,10-11,14H,6-8H2;1H/t10?,11-;/m0./s1. The fourth-order valence-corrected chi connectivity index (χ4v) is 2.26. The van der Waals surface area contributed by atoms with Gasteiger partial charge in [-0.05, 0) is 12.0 Å². The highest BCUT2D eigenvalue weighted by atomic mass is 79.9. The van der Waals surface area contributed by atoms with Crippen molar-refractivity contribution in [3.63, 3.8) is 0 Å². The Morgan fingerprint density at radius 1 is 1.41 bits per heavy atom. The molecular formula is C12H15BrClNO2. The third-order valence-corrected chi connectivity index (χ3v) is 3.28. The molecule has 0 radical (unpaired) electrons. The van der Waals surface area contributed by atoms with Crippen LogP contribution in [0.2, 0.25) is 0 Å². The monoisotopic (exact) mass is 319 g/mol. The lowest BCUT2D eigenvalue weighted by molar-refractivity contribution is -0.147. The van der Waals surface area contributed by atoms with Crippen LogP contribution in [0.15, 0.2) is 30.3 Å². The zero-order valence-corrected chi connectivity index (χ0v) is 11.7. The molecule has 17 heavy (non-hydrogen) atoms. The van der Waals surface area contributed by atoms with Gasteiger partial charge in [-0.3, -0.25) is 4.79 Å². The molecule has 1 unspecified atom stereocenters. The van der Waals surface area contributed by atoms with Crippen molar-refractivity contribution in [2.45, 2.75) is 23.9 Å². The van der Waals surface area contributed by atoms with Gasteiger partial charge in [0.1, 0.15) is 12.6 Å². The smallest absolute Gasteiger partial charge is 0.323 e. The summed E-state index contributed by atoms with van der Waals surface area (Å²) in [6.07, 6.45) is 0.799. The number of ether oxygens (including phenoxy) is 1. The molecule has 1 heterocycles. The number of hydrogen-bond donors (Lipinski definition) is 1. The highest BCUT2D eigenvalue weighted by molar-refractivity contribution is 9.09. The van der Waals surface area contributed by atoms with Crippen LogP contribution >= 0.6 is 28.3 Å². The first-order chi connectivity index (χ1) is 7.75. The fraction of sp³-hybridized carbons (Fsp3) is 0.417. The SMILES string of the molecule is Cl.O=C(OCc1ccccc1)[C@@H]1CC(Br)CN1. The van der Waals surface area contributed by atoms with Crippen LogP contribution in [0, 0.1) is 0 Å². The number of benzene rings is 1. The van der Waals surface area contributed by atoms with Crippen molar-refractivity contribution in [3.05, 3.63) is 35.9 Å². The second-order valence-electron chi connectivity index (χ2n) is 3.89. The van der Waals surface area contributed by atoms with Gasteiger partial charge in [0.2, 0.25) is 0 Å². The van der Waals surface area contributed by atoms with Crippen LogP contribution in [0.1, 0.15) is 12.0 Å². The first-order valence-electron chi connectivity index (χ1n) is 5.34. The van der Waals surface area contributed by atoms with Gasteiger partial charge in [0.05, 0.1) is 0 Å². The van der Waals surface area contributed by atoms with Crippen molar-refractivity contribution in [2.75, 3.05) is 6.54 Å². The summed E-state index contributed by atoms with van der Waals surface area (Å²) < 4.78 is 5.24. The van der Waals surface area contributed by atoms with Crippen molar-refractivity contribution >= 4 is 34.3 Å². The minimum Gasteiger partial charge on any atom is -0.460 e. The van der Waals surface area contributed by atoms with Gasteiger partial charge >= 0.3 is 5.97 Å². The summed E-state index contributed by atoms with van der Waals surface area (Å²) in [6.45, 7) is 1.18. The lowest BCUT2D eigenvalue weighted by Gasteiger charge is -2.10. The highest BCUT2D eigenvalue weighted by Gasteiger charge is 2.28. The van der Waals surface area contributed by atoms with Crippen molar-refractivity contribution in [2.24, 2.45) is 0 Å². The Labute approximate surface area is 115 Å². The van der Waals surface area contributed by atoms with Crippen molar-refractivity contribution < 1.29 is 9.53 Å². The summed E-state index contributed by atoms with van der Waals surface area (Å²) in [7, 11) is 0. The Bertz CT molecular complexity index is 361. The fourth-order valence-electron chi connectivity index (χ4n) is 1.70. The summed E-state index contributed by atoms with van der Waals surface area (Å²) in [5, 5.41) is 3.12. The number of carbonyl (C=O) groups is 1. The van der Waals surface area contributed by atoms with Gasteiger partial charge in [0.25, 0.3) is 0 Å². The van der Waals surface area contributed by atoms with Gasteiger partial charge in [-0.25, -0.2) is 0 Å². The Kier molecular flexibility index (Phi) is 5.95. The highest BCUT2D eigenvalue weighted by Crippen LogP contribution is 2.15. The van der Waals surface area contributed by atoms with Crippen molar-refractivity contribution in [1.29, 1.82) is 0 Å². The van der Waals surface area contributed by atoms with Gasteiger partial charge < -0.3 is 10.1 Å². The summed E-state index contributed by atoms with van der Waals surface area (Å²) in [4.78, 5) is 12.0. The third kappa shape index (κ3) is 4.30. The summed E-state index contributed by atoms with van der Waals surface area (Å²) >= 11 is 3.47. The molecule has 1 N–H and O–H groups in total. The summed E-state index contributed by atoms with van der Waals surface area (Å²) in [6, 6.07) is 9.55. The predicted octanol–water partition coefficient (Wildman–Crippen LogP) is 2.28. The first kappa shape index (κ1) is 14.5. The molecule has 1 saturated heterocycles. The maximum atomic E-state index is 11.7. The third-order valence-electron chi connectivity index (χ3n) is 2.59. The average Bonchev–Trinajstić information content (AvgIpc) is 2.74. The van der Waals surface area contributed by atoms with Crippen LogP contribution in [0.25, 0.3) is 0 Å². The Balaban J connectivity index is 0.00000144. The van der Waals surface area contributed by atoms with Crippen LogP contribution in [-0.2, 0) is 16.1 Å². The maximum Gasteiger partial charge on any atom is 0.323 e. The van der Waals surface area contributed by atoms with Crippen molar-refractivity contribution in [3.8, 4) is 0 Å². The van der Waals surface area contributed by atoms with Crippen LogP contribution in [0.5, 0.6) is 0 Å². The lowest BCUT2D eigenvalue weighted by Crippen LogP contribution is -2.32. The number of alkyl halides is 1. The first-order valence-corrected chi connectivity index (χ1v) is 6.25. The Morgan fingerprint density at radius 2 is 2.12 bits per heavy atom. The Morgan fingerprint density at radius 3 is 2.71 bits per heavy atom. The largest absolute Gasteiger partial charge is 0.460 e. The number of esters is 1. The number of carbonyl (C=O) groups excluding carboxylic acids is 1. The van der Waals surface area contributed by atoms with Gasteiger partial charge in [-0.2, -0.15) is 0 Å². The molecule has 1 aromatic carbocycles. The molecular weight excluding hydrogens is 305 g/mol. The average molecular weight is 321 g/mol. The van der Waals surface area contributed by atoms with Crippen LogP contribution in [0.4, 0.5) is 0 Å². The van der Waals surface area contributed by atoms with Crippen LogP contribution in [-0.4, -0.2) is 23.4 Å². The van der Waals surface area contributed by atoms with E-state index in [1.54, 1.807) is 0 Å². The molecule has 1 aliphatic rings. The molecule has 94 valence electrons. The quantitative estimate of drug-likeness (QED) is 0.686. The molecule has 0 spiro atoms. The molecule has 0 aromatic heterocycles. The molecule has 0 amide bonds. The number of halogens is 2. The zero-order chi connectivity index (χ0) is 11.4. The Hall–Kier alpha value is -0.580. The van der Waals surface area contributed by atoms with E-state index in [1.165, 1.54) is 0 Å². The lowest BCUT2D eigenvalue weighted by atomic mass is 10.2. The van der Waals surface area contributed by atoms with E-state index in [9.17, 15) is 4.79 Å². The van der Waals surface area contributed by atoms with E-state index in [2.05, 4.69) is 21.2 Å². The topological polar surface area (TPSA) is 38.3 Å². The molecule has 2 atom stereocenters. The zero-order valence-electron chi connectivity index (χ0n) is 9.27. The van der Waals surface area contributed by atoms with E-state index in [0.29, 0.717) is 11.4 Å². The predicted molar refractivity (Wildman–Crippen MR) is 72.6 cm³/mol. The van der Waals surface area contributed by atoms with E-state index >= 15 is 0 Å². The van der Waals surface area contributed by atoms with Gasteiger partial charge in [-0.15, -0.1) is 12.4 Å². The van der Waals surface area contributed by atoms with Crippen molar-refractivity contribution in [1.82, 2.24) is 5.32 Å². The summed E-state index contributed by atoms with van der Waals surface area (Å²) in [5.41, 5.74) is 1.02. The molecule has 0 bridgehead atoms. The molecule has 1 aromatic rings. The normalized spacial score (nSPS) is 22.9. The number of hydrogen-bond acceptors (Lipinski definition) is 3. The molecule has 1 fully saturated rings. The van der Waals surface area contributed by atoms with Gasteiger partial charge in [0, 0.05) is 11.4 Å². The minimum absolute atomic E-state index is 0. The number of nitrogens with one attached hydrogen (secondary N) is 1. The molecule has 0 saturated carbocycles. The van der Waals surface area contributed by atoms with E-state index < -0.39 is 0 Å². The number of rotatable bonds is 3. The maximum absolute atomic E-state index is 11.7. The molecule has 3 nitrogen and oxygen atoms in total. The minimum atomic E-state index is -0.161. The summed E-state index contributed by atoms with van der Waals surface area (Å²) in [5.74, 6) is -0.161. The second kappa shape index (κ2) is 6.99. The van der Waals surface area contributed by atoms with Gasteiger partial charge in [-0.1, -0.05) is 46.3 Å². The van der Waals surface area contributed by atoms with E-state index in [0.717, 1.165) is 18.5 Å².